The van der Waals surface area contributed by atoms with E-state index in [0.717, 1.165) is 36.0 Å². The summed E-state index contributed by atoms with van der Waals surface area (Å²) in [5.41, 5.74) is 2.85. The lowest BCUT2D eigenvalue weighted by Gasteiger charge is -2.18. The van der Waals surface area contributed by atoms with Crippen LogP contribution in [0.15, 0.2) is 24.3 Å². The summed E-state index contributed by atoms with van der Waals surface area (Å²) in [6, 6.07) is 5.10. The van der Waals surface area contributed by atoms with Crippen LogP contribution in [0.25, 0.3) is 5.57 Å². The molecule has 0 aromatic heterocycles. The summed E-state index contributed by atoms with van der Waals surface area (Å²) in [7, 11) is 0. The molecule has 78 valence electrons. The largest absolute Gasteiger partial charge is 0.508 e. The van der Waals surface area contributed by atoms with E-state index in [9.17, 15) is 9.90 Å². The number of aromatic hydroxyl groups is 1. The van der Waals surface area contributed by atoms with Gasteiger partial charge in [-0.1, -0.05) is 6.07 Å². The molecule has 3 nitrogen and oxygen atoms in total. The van der Waals surface area contributed by atoms with E-state index in [-0.39, 0.29) is 5.75 Å². The second-order valence-electron chi connectivity index (χ2n) is 3.70. The first-order chi connectivity index (χ1) is 7.16. The quantitative estimate of drug-likeness (QED) is 0.689. The van der Waals surface area contributed by atoms with E-state index in [1.54, 1.807) is 18.2 Å². The highest BCUT2D eigenvalue weighted by Crippen LogP contribution is 2.32. The maximum absolute atomic E-state index is 10.6. The van der Waals surface area contributed by atoms with Crippen LogP contribution in [0, 0.1) is 0 Å². The van der Waals surface area contributed by atoms with Crippen molar-refractivity contribution < 1.29 is 15.0 Å². The van der Waals surface area contributed by atoms with Crippen molar-refractivity contribution >= 4 is 11.5 Å². The molecule has 3 heteroatoms. The Morgan fingerprint density at radius 2 is 2.13 bits per heavy atom. The number of hydrogen-bond donors (Lipinski definition) is 2. The number of phenols is 1. The summed E-state index contributed by atoms with van der Waals surface area (Å²) < 4.78 is 0. The van der Waals surface area contributed by atoms with E-state index in [1.165, 1.54) is 6.08 Å². The molecule has 15 heavy (non-hydrogen) atoms. The molecule has 0 radical (unpaired) electrons. The maximum atomic E-state index is 10.6. The second-order valence-corrected chi connectivity index (χ2v) is 3.70. The summed E-state index contributed by atoms with van der Waals surface area (Å²) in [5.74, 6) is -0.670. The molecule has 1 aromatic carbocycles. The van der Waals surface area contributed by atoms with Crippen molar-refractivity contribution in [3.05, 3.63) is 35.4 Å². The number of aryl methyl sites for hydroxylation is 1. The average Bonchev–Trinajstić information content (AvgIpc) is 2.16. The standard InChI is InChI=1S/C12H12O3/c13-10-4-5-11-8(6-10)2-1-3-9(11)7-12(14)15/h4-7,13H,1-3H2,(H,14,15). The number of rotatable bonds is 1. The molecule has 0 spiro atoms. The first-order valence-electron chi connectivity index (χ1n) is 4.92. The van der Waals surface area contributed by atoms with Crippen molar-refractivity contribution in [2.24, 2.45) is 0 Å². The Hall–Kier alpha value is -1.77. The molecule has 1 aromatic rings. The molecule has 1 aliphatic carbocycles. The average molecular weight is 204 g/mol. The molecule has 0 aliphatic heterocycles. The van der Waals surface area contributed by atoms with Gasteiger partial charge in [0.05, 0.1) is 0 Å². The van der Waals surface area contributed by atoms with Gasteiger partial charge in [-0.3, -0.25) is 0 Å². The van der Waals surface area contributed by atoms with Gasteiger partial charge < -0.3 is 10.2 Å². The van der Waals surface area contributed by atoms with Gasteiger partial charge in [-0.2, -0.15) is 0 Å². The molecule has 0 amide bonds. The third kappa shape index (κ3) is 2.01. The number of fused-ring (bicyclic) bond motifs is 1. The number of carbonyl (C=O) groups is 1. The minimum absolute atomic E-state index is 0.241. The van der Waals surface area contributed by atoms with E-state index < -0.39 is 5.97 Å². The first-order valence-corrected chi connectivity index (χ1v) is 4.92. The van der Waals surface area contributed by atoms with Crippen molar-refractivity contribution in [1.29, 1.82) is 0 Å². The molecule has 2 rings (SSSR count). The normalized spacial score (nSPS) is 17.5. The summed E-state index contributed by atoms with van der Waals surface area (Å²) in [5, 5.41) is 18.0. The highest BCUT2D eigenvalue weighted by Gasteiger charge is 2.15. The third-order valence-electron chi connectivity index (χ3n) is 2.62. The van der Waals surface area contributed by atoms with Gasteiger partial charge in [-0.25, -0.2) is 4.79 Å². The molecule has 0 unspecified atom stereocenters. The second kappa shape index (κ2) is 3.77. The molecule has 0 fully saturated rings. The zero-order chi connectivity index (χ0) is 10.8. The van der Waals surface area contributed by atoms with Gasteiger partial charge in [0, 0.05) is 6.08 Å². The summed E-state index contributed by atoms with van der Waals surface area (Å²) in [6.07, 6.45) is 3.90. The van der Waals surface area contributed by atoms with Gasteiger partial charge in [0.2, 0.25) is 0 Å². The minimum Gasteiger partial charge on any atom is -0.508 e. The molecule has 0 bridgehead atoms. The Morgan fingerprint density at radius 3 is 2.87 bits per heavy atom. The molecule has 2 N–H and O–H groups in total. The van der Waals surface area contributed by atoms with Gasteiger partial charge >= 0.3 is 5.97 Å². The number of hydrogen-bond acceptors (Lipinski definition) is 2. The van der Waals surface area contributed by atoms with E-state index in [1.807, 2.05) is 0 Å². The molecule has 0 atom stereocenters. The molecule has 0 heterocycles. The fourth-order valence-corrected chi connectivity index (χ4v) is 2.00. The lowest BCUT2D eigenvalue weighted by molar-refractivity contribution is -0.131. The Labute approximate surface area is 87.7 Å². The zero-order valence-electron chi connectivity index (χ0n) is 8.23. The number of benzene rings is 1. The van der Waals surface area contributed by atoms with Crippen molar-refractivity contribution in [3.63, 3.8) is 0 Å². The van der Waals surface area contributed by atoms with Crippen LogP contribution in [0.5, 0.6) is 5.75 Å². The van der Waals surface area contributed by atoms with E-state index in [4.69, 9.17) is 5.11 Å². The van der Waals surface area contributed by atoms with E-state index in [2.05, 4.69) is 0 Å². The number of allylic oxidation sites excluding steroid dienone is 1. The van der Waals surface area contributed by atoms with Crippen LogP contribution >= 0.6 is 0 Å². The Bertz CT molecular complexity index is 432. The highest BCUT2D eigenvalue weighted by molar-refractivity contribution is 5.91. The monoisotopic (exact) mass is 204 g/mol. The maximum Gasteiger partial charge on any atom is 0.328 e. The smallest absolute Gasteiger partial charge is 0.328 e. The fraction of sp³-hybridized carbons (Fsp3) is 0.250. The van der Waals surface area contributed by atoms with Crippen molar-refractivity contribution in [1.82, 2.24) is 0 Å². The minimum atomic E-state index is -0.911. The lowest BCUT2D eigenvalue weighted by atomic mass is 9.87. The van der Waals surface area contributed by atoms with E-state index >= 15 is 0 Å². The van der Waals surface area contributed by atoms with Crippen LogP contribution in [-0.2, 0) is 11.2 Å². The van der Waals surface area contributed by atoms with Crippen LogP contribution in [0.2, 0.25) is 0 Å². The number of phenolic OH excluding ortho intramolecular Hbond substituents is 1. The van der Waals surface area contributed by atoms with Gasteiger partial charge in [0.1, 0.15) is 5.75 Å². The number of aliphatic carboxylic acids is 1. The predicted molar refractivity (Wildman–Crippen MR) is 56.7 cm³/mol. The van der Waals surface area contributed by atoms with Crippen molar-refractivity contribution in [2.45, 2.75) is 19.3 Å². The van der Waals surface area contributed by atoms with Gasteiger partial charge in [0.25, 0.3) is 0 Å². The predicted octanol–water partition coefficient (Wildman–Crippen LogP) is 2.20. The zero-order valence-corrected chi connectivity index (χ0v) is 8.23. The van der Waals surface area contributed by atoms with Crippen LogP contribution in [0.1, 0.15) is 24.0 Å². The summed E-state index contributed by atoms with van der Waals surface area (Å²) >= 11 is 0. The van der Waals surface area contributed by atoms with Crippen molar-refractivity contribution in [3.8, 4) is 5.75 Å². The van der Waals surface area contributed by atoms with Crippen LogP contribution < -0.4 is 0 Å². The Balaban J connectivity index is 2.47. The molecular formula is C12H12O3. The van der Waals surface area contributed by atoms with Crippen LogP contribution in [-0.4, -0.2) is 16.2 Å². The van der Waals surface area contributed by atoms with E-state index in [0.29, 0.717) is 0 Å². The van der Waals surface area contributed by atoms with Crippen LogP contribution in [0.3, 0.4) is 0 Å². The summed E-state index contributed by atoms with van der Waals surface area (Å²) in [4.78, 5) is 10.6. The van der Waals surface area contributed by atoms with Gasteiger partial charge in [-0.05, 0) is 48.1 Å². The Kier molecular flexibility index (Phi) is 2.46. The van der Waals surface area contributed by atoms with Gasteiger partial charge in [-0.15, -0.1) is 0 Å². The SMILES string of the molecule is O=C(O)C=C1CCCc2cc(O)ccc21. The number of carboxylic acids is 1. The lowest BCUT2D eigenvalue weighted by Crippen LogP contribution is -2.03. The Morgan fingerprint density at radius 1 is 1.33 bits per heavy atom. The molecule has 0 saturated carbocycles. The first kappa shape index (κ1) is 9.77. The van der Waals surface area contributed by atoms with Gasteiger partial charge in [0.15, 0.2) is 0 Å². The fourth-order valence-electron chi connectivity index (χ4n) is 2.00. The molecular weight excluding hydrogens is 192 g/mol. The number of carboxylic acid groups (broad SMARTS) is 1. The molecule has 0 saturated heterocycles. The van der Waals surface area contributed by atoms with Crippen molar-refractivity contribution in [2.75, 3.05) is 0 Å². The summed E-state index contributed by atoms with van der Waals surface area (Å²) in [6.45, 7) is 0. The molecule has 1 aliphatic rings. The van der Waals surface area contributed by atoms with Crippen LogP contribution in [0.4, 0.5) is 0 Å². The topological polar surface area (TPSA) is 57.5 Å². The third-order valence-corrected chi connectivity index (χ3v) is 2.62. The highest BCUT2D eigenvalue weighted by atomic mass is 16.4.